The number of benzene rings is 3. The Hall–Kier alpha value is -4.06. The lowest BCUT2D eigenvalue weighted by molar-refractivity contribution is -0.116. The summed E-state index contributed by atoms with van der Waals surface area (Å²) in [5.74, 6) is 2.20. The van der Waals surface area contributed by atoms with Crippen LogP contribution in [0.4, 0.5) is 0 Å². The third-order valence-corrected chi connectivity index (χ3v) is 5.25. The summed E-state index contributed by atoms with van der Waals surface area (Å²) in [5.41, 5.74) is 2.97. The van der Waals surface area contributed by atoms with Crippen molar-refractivity contribution in [2.75, 3.05) is 20.3 Å². The second-order valence-corrected chi connectivity index (χ2v) is 7.45. The number of fused-ring (bicyclic) bond motifs is 1. The van der Waals surface area contributed by atoms with Crippen molar-refractivity contribution >= 4 is 23.0 Å². The van der Waals surface area contributed by atoms with E-state index in [-0.39, 0.29) is 5.91 Å². The van der Waals surface area contributed by atoms with Crippen LogP contribution in [0.1, 0.15) is 11.4 Å². The first kappa shape index (κ1) is 22.1. The number of methoxy groups -OCH3 is 1. The van der Waals surface area contributed by atoms with E-state index in [1.807, 2.05) is 72.8 Å². The molecule has 0 spiro atoms. The molecule has 1 N–H and O–H groups in total. The lowest BCUT2D eigenvalue weighted by atomic mass is 10.2. The Balaban J connectivity index is 1.38. The summed E-state index contributed by atoms with van der Waals surface area (Å²) in [6.45, 7) is 1.60. The highest BCUT2D eigenvalue weighted by Gasteiger charge is 2.11. The first-order valence-electron chi connectivity index (χ1n) is 11.0. The minimum atomic E-state index is -0.124. The SMILES string of the molecule is COc1ccccc1OCCn1c(CCNC(=O)/C=C/c2ccccc2)nc2ccccc21. The van der Waals surface area contributed by atoms with Gasteiger partial charge in [0.05, 0.1) is 24.7 Å². The number of hydrogen-bond donors (Lipinski definition) is 1. The molecule has 3 aromatic carbocycles. The maximum absolute atomic E-state index is 12.2. The molecule has 33 heavy (non-hydrogen) atoms. The molecule has 6 heteroatoms. The monoisotopic (exact) mass is 441 g/mol. The van der Waals surface area contributed by atoms with Gasteiger partial charge in [0, 0.05) is 19.0 Å². The average Bonchev–Trinajstić information content (AvgIpc) is 3.21. The van der Waals surface area contributed by atoms with Gasteiger partial charge in [0.1, 0.15) is 12.4 Å². The quantitative estimate of drug-likeness (QED) is 0.368. The van der Waals surface area contributed by atoms with E-state index in [1.54, 1.807) is 19.3 Å². The summed E-state index contributed by atoms with van der Waals surface area (Å²) in [6, 6.07) is 25.4. The number of nitrogens with one attached hydrogen (secondary N) is 1. The predicted octanol–water partition coefficient (Wildman–Crippen LogP) is 4.50. The van der Waals surface area contributed by atoms with Crippen molar-refractivity contribution in [3.8, 4) is 11.5 Å². The van der Waals surface area contributed by atoms with Gasteiger partial charge in [0.25, 0.3) is 0 Å². The number of para-hydroxylation sites is 4. The van der Waals surface area contributed by atoms with E-state index >= 15 is 0 Å². The number of nitrogens with zero attached hydrogens (tertiary/aromatic N) is 2. The Bertz CT molecular complexity index is 1230. The lowest BCUT2D eigenvalue weighted by Crippen LogP contribution is -2.25. The molecule has 4 aromatic rings. The van der Waals surface area contributed by atoms with Crippen LogP contribution < -0.4 is 14.8 Å². The van der Waals surface area contributed by atoms with Gasteiger partial charge in [-0.3, -0.25) is 4.79 Å². The topological polar surface area (TPSA) is 65.4 Å². The summed E-state index contributed by atoms with van der Waals surface area (Å²) in [5, 5.41) is 2.94. The summed E-state index contributed by atoms with van der Waals surface area (Å²) < 4.78 is 13.5. The fraction of sp³-hybridized carbons (Fsp3) is 0.185. The van der Waals surface area contributed by atoms with Gasteiger partial charge in [0.2, 0.25) is 5.91 Å². The number of carbonyl (C=O) groups excluding carboxylic acids is 1. The number of imidazole rings is 1. The molecule has 0 aliphatic rings. The van der Waals surface area contributed by atoms with E-state index in [4.69, 9.17) is 14.5 Å². The van der Waals surface area contributed by atoms with Crippen LogP contribution in [0, 0.1) is 0 Å². The molecule has 1 heterocycles. The van der Waals surface area contributed by atoms with Gasteiger partial charge in [-0.15, -0.1) is 0 Å². The van der Waals surface area contributed by atoms with Crippen molar-refractivity contribution in [3.05, 3.63) is 96.3 Å². The first-order valence-corrected chi connectivity index (χ1v) is 11.0. The normalized spacial score (nSPS) is 11.1. The van der Waals surface area contributed by atoms with E-state index in [1.165, 1.54) is 0 Å². The molecule has 1 amide bonds. The van der Waals surface area contributed by atoms with E-state index in [0.717, 1.165) is 22.4 Å². The lowest BCUT2D eigenvalue weighted by Gasteiger charge is -2.13. The van der Waals surface area contributed by atoms with Crippen LogP contribution in [0.15, 0.2) is 84.9 Å². The molecule has 0 bridgehead atoms. The standard InChI is InChI=1S/C27H27N3O3/c1-32-24-13-7-8-14-25(24)33-20-19-30-23-12-6-5-11-22(23)29-26(30)17-18-28-27(31)16-15-21-9-3-2-4-10-21/h2-16H,17-20H2,1H3,(H,28,31)/b16-15+. The van der Waals surface area contributed by atoms with Gasteiger partial charge >= 0.3 is 0 Å². The molecule has 0 saturated carbocycles. The van der Waals surface area contributed by atoms with Gasteiger partial charge in [-0.1, -0.05) is 54.6 Å². The highest BCUT2D eigenvalue weighted by Crippen LogP contribution is 2.26. The number of aromatic nitrogens is 2. The van der Waals surface area contributed by atoms with Gasteiger partial charge in [-0.25, -0.2) is 4.98 Å². The second-order valence-electron chi connectivity index (χ2n) is 7.45. The van der Waals surface area contributed by atoms with Gasteiger partial charge in [-0.05, 0) is 35.9 Å². The molecular formula is C27H27N3O3. The van der Waals surface area contributed by atoms with Crippen LogP contribution in [-0.2, 0) is 17.8 Å². The zero-order valence-electron chi connectivity index (χ0n) is 18.6. The fourth-order valence-corrected chi connectivity index (χ4v) is 3.64. The fourth-order valence-electron chi connectivity index (χ4n) is 3.64. The van der Waals surface area contributed by atoms with E-state index in [2.05, 4.69) is 16.0 Å². The van der Waals surface area contributed by atoms with Crippen molar-refractivity contribution in [3.63, 3.8) is 0 Å². The smallest absolute Gasteiger partial charge is 0.244 e. The Morgan fingerprint density at radius 3 is 2.52 bits per heavy atom. The van der Waals surface area contributed by atoms with Crippen molar-refractivity contribution in [2.45, 2.75) is 13.0 Å². The number of carbonyl (C=O) groups is 1. The highest BCUT2D eigenvalue weighted by atomic mass is 16.5. The number of rotatable bonds is 10. The summed E-state index contributed by atoms with van der Waals surface area (Å²) in [7, 11) is 1.63. The Kier molecular flexibility index (Phi) is 7.38. The maximum Gasteiger partial charge on any atom is 0.244 e. The molecule has 0 atom stereocenters. The number of amides is 1. The zero-order valence-corrected chi connectivity index (χ0v) is 18.6. The Morgan fingerprint density at radius 1 is 0.970 bits per heavy atom. The van der Waals surface area contributed by atoms with Crippen LogP contribution in [-0.4, -0.2) is 35.7 Å². The van der Waals surface area contributed by atoms with Crippen LogP contribution in [0.3, 0.4) is 0 Å². The third-order valence-electron chi connectivity index (χ3n) is 5.25. The predicted molar refractivity (Wildman–Crippen MR) is 130 cm³/mol. The van der Waals surface area contributed by atoms with Crippen LogP contribution >= 0.6 is 0 Å². The molecule has 1 aromatic heterocycles. The number of hydrogen-bond acceptors (Lipinski definition) is 4. The molecule has 168 valence electrons. The summed E-state index contributed by atoms with van der Waals surface area (Å²) in [6.07, 6.45) is 3.98. The van der Waals surface area contributed by atoms with Crippen LogP contribution in [0.25, 0.3) is 17.1 Å². The Labute approximate surface area is 193 Å². The summed E-state index contributed by atoms with van der Waals surface area (Å²) >= 11 is 0. The van der Waals surface area contributed by atoms with E-state index in [0.29, 0.717) is 37.6 Å². The third kappa shape index (κ3) is 5.80. The van der Waals surface area contributed by atoms with E-state index < -0.39 is 0 Å². The van der Waals surface area contributed by atoms with Crippen molar-refractivity contribution in [1.29, 1.82) is 0 Å². The van der Waals surface area contributed by atoms with Gasteiger partial charge < -0.3 is 19.4 Å². The van der Waals surface area contributed by atoms with Gasteiger partial charge in [0.15, 0.2) is 11.5 Å². The number of ether oxygens (including phenoxy) is 2. The molecule has 0 aliphatic carbocycles. The summed E-state index contributed by atoms with van der Waals surface area (Å²) in [4.78, 5) is 17.0. The maximum atomic E-state index is 12.2. The first-order chi connectivity index (χ1) is 16.2. The second kappa shape index (κ2) is 11.0. The minimum absolute atomic E-state index is 0.124. The van der Waals surface area contributed by atoms with Crippen molar-refractivity contribution in [1.82, 2.24) is 14.9 Å². The molecule has 0 unspecified atom stereocenters. The molecule has 0 radical (unpaired) electrons. The molecule has 4 rings (SSSR count). The molecule has 0 aliphatic heterocycles. The molecule has 0 saturated heterocycles. The zero-order chi connectivity index (χ0) is 22.9. The van der Waals surface area contributed by atoms with Crippen LogP contribution in [0.2, 0.25) is 0 Å². The highest BCUT2D eigenvalue weighted by molar-refractivity contribution is 5.91. The molecule has 0 fully saturated rings. The van der Waals surface area contributed by atoms with Crippen molar-refractivity contribution in [2.24, 2.45) is 0 Å². The van der Waals surface area contributed by atoms with Crippen LogP contribution in [0.5, 0.6) is 11.5 Å². The van der Waals surface area contributed by atoms with Gasteiger partial charge in [-0.2, -0.15) is 0 Å². The molecular weight excluding hydrogens is 414 g/mol. The average molecular weight is 442 g/mol. The Morgan fingerprint density at radius 2 is 1.70 bits per heavy atom. The van der Waals surface area contributed by atoms with E-state index in [9.17, 15) is 4.79 Å². The largest absolute Gasteiger partial charge is 0.493 e. The minimum Gasteiger partial charge on any atom is -0.493 e. The molecule has 6 nitrogen and oxygen atoms in total. The van der Waals surface area contributed by atoms with Crippen molar-refractivity contribution < 1.29 is 14.3 Å².